The molecule has 0 radical (unpaired) electrons. The molecule has 1 aliphatic rings. The van der Waals surface area contributed by atoms with Gasteiger partial charge in [-0.15, -0.1) is 0 Å². The number of anilines is 1. The molecule has 1 aliphatic heterocycles. The molecule has 1 heterocycles. The first-order valence-corrected chi connectivity index (χ1v) is 13.5. The summed E-state index contributed by atoms with van der Waals surface area (Å²) in [4.78, 5) is 16.9. The summed E-state index contributed by atoms with van der Waals surface area (Å²) in [5.74, 6) is 0.532. The van der Waals surface area contributed by atoms with Crippen LogP contribution in [0.2, 0.25) is 5.02 Å². The first-order valence-electron chi connectivity index (χ1n) is 11.3. The number of ether oxygens (including phenoxy) is 1. The number of carbonyl (C=O) groups is 1. The number of piperazine rings is 1. The van der Waals surface area contributed by atoms with Crippen molar-refractivity contribution in [3.05, 3.63) is 65.2 Å². The third-order valence-corrected chi connectivity index (χ3v) is 7.26. The van der Waals surface area contributed by atoms with E-state index in [0.717, 1.165) is 25.9 Å². The smallest absolute Gasteiger partial charge is 0.232 e. The van der Waals surface area contributed by atoms with Crippen molar-refractivity contribution in [1.29, 1.82) is 0 Å². The molecule has 7 nitrogen and oxygen atoms in total. The molecular weight excluding hydrogens is 474 g/mol. The molecule has 9 heteroatoms. The first-order chi connectivity index (χ1) is 16.3. The Morgan fingerprint density at radius 1 is 1.12 bits per heavy atom. The van der Waals surface area contributed by atoms with E-state index in [1.54, 1.807) is 18.2 Å². The highest BCUT2D eigenvalue weighted by atomic mass is 35.5. The van der Waals surface area contributed by atoms with Gasteiger partial charge >= 0.3 is 0 Å². The Balaban J connectivity index is 1.45. The normalized spacial score (nSPS) is 15.0. The van der Waals surface area contributed by atoms with E-state index < -0.39 is 10.0 Å². The molecule has 0 saturated carbocycles. The molecule has 2 aromatic rings. The van der Waals surface area contributed by atoms with Gasteiger partial charge in [0.15, 0.2) is 0 Å². The third kappa shape index (κ3) is 7.48. The second-order valence-corrected chi connectivity index (χ2v) is 10.6. The summed E-state index contributed by atoms with van der Waals surface area (Å²) in [6, 6.07) is 15.0. The van der Waals surface area contributed by atoms with E-state index in [-0.39, 0.29) is 12.5 Å². The van der Waals surface area contributed by atoms with Crippen LogP contribution in [0.15, 0.2) is 54.6 Å². The number of carbonyl (C=O) groups excluding carboxylic acids is 1. The van der Waals surface area contributed by atoms with Crippen molar-refractivity contribution < 1.29 is 17.9 Å². The third-order valence-electron chi connectivity index (χ3n) is 5.77. The van der Waals surface area contributed by atoms with Crippen LogP contribution in [-0.4, -0.2) is 76.8 Å². The number of hydrogen-bond donors (Lipinski definition) is 0. The molecule has 3 rings (SSSR count). The van der Waals surface area contributed by atoms with Crippen LogP contribution >= 0.6 is 11.6 Å². The van der Waals surface area contributed by atoms with E-state index in [1.165, 1.54) is 17.0 Å². The lowest BCUT2D eigenvalue weighted by Crippen LogP contribution is -2.48. The van der Waals surface area contributed by atoms with Crippen molar-refractivity contribution in [3.63, 3.8) is 0 Å². The van der Waals surface area contributed by atoms with Gasteiger partial charge in [0.1, 0.15) is 5.75 Å². The van der Waals surface area contributed by atoms with Crippen LogP contribution < -0.4 is 9.04 Å². The van der Waals surface area contributed by atoms with E-state index >= 15 is 0 Å². The molecule has 0 bridgehead atoms. The van der Waals surface area contributed by atoms with Gasteiger partial charge in [0.2, 0.25) is 15.9 Å². The lowest BCUT2D eigenvalue weighted by Gasteiger charge is -2.34. The van der Waals surface area contributed by atoms with Gasteiger partial charge in [-0.2, -0.15) is 0 Å². The van der Waals surface area contributed by atoms with Crippen LogP contribution in [0.4, 0.5) is 5.69 Å². The molecule has 0 spiro atoms. The van der Waals surface area contributed by atoms with Gasteiger partial charge in [0, 0.05) is 45.7 Å². The molecule has 184 valence electrons. The summed E-state index contributed by atoms with van der Waals surface area (Å²) in [7, 11) is -2.02. The Morgan fingerprint density at radius 2 is 1.82 bits per heavy atom. The number of halogens is 1. The van der Waals surface area contributed by atoms with Crippen LogP contribution in [0.5, 0.6) is 5.75 Å². The molecule has 0 atom stereocenters. The fourth-order valence-corrected chi connectivity index (χ4v) is 5.12. The number of methoxy groups -OCH3 is 1. The Labute approximate surface area is 207 Å². The van der Waals surface area contributed by atoms with Crippen LogP contribution in [-0.2, 0) is 14.8 Å². The summed E-state index contributed by atoms with van der Waals surface area (Å²) < 4.78 is 31.1. The minimum atomic E-state index is -3.52. The molecule has 2 aromatic carbocycles. The van der Waals surface area contributed by atoms with Gasteiger partial charge in [0.05, 0.1) is 24.1 Å². The standard InChI is InChI=1S/C25H32ClN3O4S/c1-33-24-13-12-22(20-23(24)26)29(34(2,31)32)15-7-11-25(30)28-18-16-27(17-19-28)14-6-10-21-8-4-3-5-9-21/h3-6,8-10,12-13,20H,7,11,14-19H2,1-2H3/b10-6+. The van der Waals surface area contributed by atoms with Gasteiger partial charge in [-0.05, 0) is 30.2 Å². The van der Waals surface area contributed by atoms with E-state index in [2.05, 4.69) is 29.2 Å². The van der Waals surface area contributed by atoms with Gasteiger partial charge in [-0.3, -0.25) is 14.0 Å². The Morgan fingerprint density at radius 3 is 2.44 bits per heavy atom. The van der Waals surface area contributed by atoms with E-state index in [4.69, 9.17) is 16.3 Å². The van der Waals surface area contributed by atoms with Gasteiger partial charge in [0.25, 0.3) is 0 Å². The predicted molar refractivity (Wildman–Crippen MR) is 138 cm³/mol. The van der Waals surface area contributed by atoms with Crippen LogP contribution in [0, 0.1) is 0 Å². The molecule has 0 aromatic heterocycles. The first kappa shape index (κ1) is 26.1. The second kappa shape index (κ2) is 12.2. The molecule has 34 heavy (non-hydrogen) atoms. The molecule has 0 N–H and O–H groups in total. The highest BCUT2D eigenvalue weighted by Gasteiger charge is 2.22. The lowest BCUT2D eigenvalue weighted by atomic mass is 10.2. The number of hydrogen-bond acceptors (Lipinski definition) is 5. The SMILES string of the molecule is COc1ccc(N(CCCC(=O)N2CCN(C/C=C/c3ccccc3)CC2)S(C)(=O)=O)cc1Cl. The minimum Gasteiger partial charge on any atom is -0.495 e. The van der Waals surface area contributed by atoms with Crippen molar-refractivity contribution in [2.75, 3.05) is 56.9 Å². The fraction of sp³-hybridized carbons (Fsp3) is 0.400. The maximum atomic E-state index is 12.7. The Hall–Kier alpha value is -2.55. The van der Waals surface area contributed by atoms with Gasteiger partial charge in [-0.25, -0.2) is 8.42 Å². The minimum absolute atomic E-state index is 0.0562. The largest absolute Gasteiger partial charge is 0.495 e. The monoisotopic (exact) mass is 505 g/mol. The zero-order valence-corrected chi connectivity index (χ0v) is 21.3. The number of rotatable bonds is 10. The average molecular weight is 506 g/mol. The maximum Gasteiger partial charge on any atom is 0.232 e. The van der Waals surface area contributed by atoms with E-state index in [9.17, 15) is 13.2 Å². The van der Waals surface area contributed by atoms with Crippen molar-refractivity contribution in [1.82, 2.24) is 9.80 Å². The Bertz CT molecular complexity index is 1080. The molecule has 1 fully saturated rings. The zero-order valence-electron chi connectivity index (χ0n) is 19.7. The van der Waals surface area contributed by atoms with Crippen LogP contribution in [0.1, 0.15) is 18.4 Å². The summed E-state index contributed by atoms with van der Waals surface area (Å²) in [5.41, 5.74) is 1.63. The number of benzene rings is 2. The maximum absolute atomic E-state index is 12.7. The van der Waals surface area contributed by atoms with Crippen LogP contribution in [0.25, 0.3) is 6.08 Å². The predicted octanol–water partition coefficient (Wildman–Crippen LogP) is 3.75. The number of nitrogens with zero attached hydrogens (tertiary/aromatic N) is 3. The fourth-order valence-electron chi connectivity index (χ4n) is 3.91. The molecule has 0 aliphatic carbocycles. The van der Waals surface area contributed by atoms with E-state index in [0.29, 0.717) is 42.4 Å². The average Bonchev–Trinajstić information content (AvgIpc) is 2.82. The van der Waals surface area contributed by atoms with Crippen molar-refractivity contribution in [2.45, 2.75) is 12.8 Å². The zero-order chi connectivity index (χ0) is 24.6. The van der Waals surface area contributed by atoms with E-state index in [1.807, 2.05) is 23.1 Å². The van der Waals surface area contributed by atoms with Crippen molar-refractivity contribution in [2.24, 2.45) is 0 Å². The number of sulfonamides is 1. The highest BCUT2D eigenvalue weighted by molar-refractivity contribution is 7.92. The highest BCUT2D eigenvalue weighted by Crippen LogP contribution is 2.30. The molecule has 1 saturated heterocycles. The quantitative estimate of drug-likeness (QED) is 0.492. The topological polar surface area (TPSA) is 70.2 Å². The van der Waals surface area contributed by atoms with Crippen molar-refractivity contribution in [3.8, 4) is 5.75 Å². The molecule has 1 amide bonds. The number of amides is 1. The lowest BCUT2D eigenvalue weighted by molar-refractivity contribution is -0.132. The summed E-state index contributed by atoms with van der Waals surface area (Å²) in [6.07, 6.45) is 6.14. The summed E-state index contributed by atoms with van der Waals surface area (Å²) in [5, 5.41) is 0.334. The van der Waals surface area contributed by atoms with Crippen molar-refractivity contribution >= 4 is 39.3 Å². The summed E-state index contributed by atoms with van der Waals surface area (Å²) in [6.45, 7) is 4.07. The molecule has 0 unspecified atom stereocenters. The van der Waals surface area contributed by atoms with Crippen LogP contribution in [0.3, 0.4) is 0 Å². The molecular formula is C25H32ClN3O4S. The van der Waals surface area contributed by atoms with Gasteiger partial charge < -0.3 is 9.64 Å². The summed E-state index contributed by atoms with van der Waals surface area (Å²) >= 11 is 6.17. The second-order valence-electron chi connectivity index (χ2n) is 8.25. The Kier molecular flexibility index (Phi) is 9.38. The van der Waals surface area contributed by atoms with Gasteiger partial charge in [-0.1, -0.05) is 54.1 Å².